The fourth-order valence-electron chi connectivity index (χ4n) is 1.09. The highest BCUT2D eigenvalue weighted by Crippen LogP contribution is 2.19. The van der Waals surface area contributed by atoms with Crippen molar-refractivity contribution < 1.29 is 0 Å². The minimum Gasteiger partial charge on any atom is -0.393 e. The lowest BCUT2D eigenvalue weighted by atomic mass is 10.0. The van der Waals surface area contributed by atoms with Gasteiger partial charge in [0.25, 0.3) is 0 Å². The summed E-state index contributed by atoms with van der Waals surface area (Å²) >= 11 is 8.41. The highest BCUT2D eigenvalue weighted by Gasteiger charge is 2.07. The fraction of sp³-hybridized carbons (Fsp3) is 0.300. The van der Waals surface area contributed by atoms with E-state index in [4.69, 9.17) is 18.0 Å². The first-order valence-corrected chi connectivity index (χ1v) is 5.34. The average Bonchev–Trinajstić information content (AvgIpc) is 2.08. The van der Waals surface area contributed by atoms with E-state index >= 15 is 0 Å². The Labute approximate surface area is 92.5 Å². The van der Waals surface area contributed by atoms with E-state index in [0.717, 1.165) is 10.9 Å². The summed E-state index contributed by atoms with van der Waals surface area (Å²) in [6, 6.07) is 8.13. The molecule has 0 aliphatic carbocycles. The Kier molecular flexibility index (Phi) is 3.88. The molecule has 70 valence electrons. The molecule has 0 bridgehead atoms. The van der Waals surface area contributed by atoms with Crippen molar-refractivity contribution >= 4 is 33.1 Å². The van der Waals surface area contributed by atoms with Gasteiger partial charge in [-0.15, -0.1) is 0 Å². The molecular weight excluding hydrogens is 246 g/mol. The molecule has 1 nitrogen and oxygen atoms in total. The zero-order chi connectivity index (χ0) is 9.84. The summed E-state index contributed by atoms with van der Waals surface area (Å²) in [6.07, 6.45) is 0.900. The van der Waals surface area contributed by atoms with Gasteiger partial charge in [-0.3, -0.25) is 0 Å². The van der Waals surface area contributed by atoms with Crippen LogP contribution in [0.3, 0.4) is 0 Å². The molecule has 0 spiro atoms. The molecule has 3 heteroatoms. The molecule has 0 saturated carbocycles. The van der Waals surface area contributed by atoms with Crippen LogP contribution in [0.2, 0.25) is 0 Å². The Morgan fingerprint density at radius 1 is 1.54 bits per heavy atom. The quantitative estimate of drug-likeness (QED) is 0.843. The molecule has 1 aromatic carbocycles. The number of nitrogens with two attached hydrogens (primary N) is 1. The summed E-state index contributed by atoms with van der Waals surface area (Å²) in [6.45, 7) is 2.04. The maximum atomic E-state index is 5.55. The van der Waals surface area contributed by atoms with Crippen molar-refractivity contribution in [2.75, 3.05) is 0 Å². The van der Waals surface area contributed by atoms with Gasteiger partial charge in [-0.25, -0.2) is 0 Å². The van der Waals surface area contributed by atoms with E-state index in [1.165, 1.54) is 5.56 Å². The Hall–Kier alpha value is -0.410. The van der Waals surface area contributed by atoms with Gasteiger partial charge in [0.05, 0.1) is 4.99 Å². The van der Waals surface area contributed by atoms with Gasteiger partial charge in [-0.1, -0.05) is 53.3 Å². The third kappa shape index (κ3) is 3.08. The Morgan fingerprint density at radius 2 is 2.15 bits per heavy atom. The van der Waals surface area contributed by atoms with Crippen LogP contribution in [0, 0.1) is 5.92 Å². The number of halogens is 1. The first-order chi connectivity index (χ1) is 6.11. The van der Waals surface area contributed by atoms with Crippen LogP contribution in [0.4, 0.5) is 0 Å². The highest BCUT2D eigenvalue weighted by atomic mass is 79.9. The predicted octanol–water partition coefficient (Wildman–Crippen LogP) is 2.91. The second kappa shape index (κ2) is 4.72. The maximum absolute atomic E-state index is 5.55. The van der Waals surface area contributed by atoms with Crippen molar-refractivity contribution in [3.05, 3.63) is 34.3 Å². The van der Waals surface area contributed by atoms with Crippen LogP contribution in [0.5, 0.6) is 0 Å². The summed E-state index contributed by atoms with van der Waals surface area (Å²) < 4.78 is 1.12. The smallest absolute Gasteiger partial charge is 0.0759 e. The molecule has 0 fully saturated rings. The number of hydrogen-bond donors (Lipinski definition) is 1. The van der Waals surface area contributed by atoms with Gasteiger partial charge in [-0.2, -0.15) is 0 Å². The van der Waals surface area contributed by atoms with Crippen LogP contribution in [0.1, 0.15) is 12.5 Å². The van der Waals surface area contributed by atoms with Crippen LogP contribution in [0.15, 0.2) is 28.7 Å². The molecule has 1 atom stereocenters. The van der Waals surface area contributed by atoms with Crippen LogP contribution >= 0.6 is 28.1 Å². The molecule has 0 aliphatic heterocycles. The SMILES string of the molecule is CC(Cc1ccccc1Br)C(N)=S. The zero-order valence-electron chi connectivity index (χ0n) is 7.46. The molecule has 2 N–H and O–H groups in total. The Bertz CT molecular complexity index is 312. The molecule has 0 aliphatic rings. The monoisotopic (exact) mass is 257 g/mol. The summed E-state index contributed by atoms with van der Waals surface area (Å²) in [5.74, 6) is 0.258. The molecule has 13 heavy (non-hydrogen) atoms. The van der Waals surface area contributed by atoms with E-state index in [0.29, 0.717) is 4.99 Å². The molecule has 0 radical (unpaired) electrons. The third-order valence-electron chi connectivity index (χ3n) is 1.97. The van der Waals surface area contributed by atoms with Gasteiger partial charge in [0.2, 0.25) is 0 Å². The first-order valence-electron chi connectivity index (χ1n) is 4.14. The summed E-state index contributed by atoms with van der Waals surface area (Å²) in [7, 11) is 0. The molecule has 0 saturated heterocycles. The molecule has 0 heterocycles. The van der Waals surface area contributed by atoms with Crippen LogP contribution in [-0.2, 0) is 6.42 Å². The third-order valence-corrected chi connectivity index (χ3v) is 3.15. The Morgan fingerprint density at radius 3 is 2.69 bits per heavy atom. The predicted molar refractivity (Wildman–Crippen MR) is 63.8 cm³/mol. The lowest BCUT2D eigenvalue weighted by Gasteiger charge is -2.10. The van der Waals surface area contributed by atoms with Crippen LogP contribution in [-0.4, -0.2) is 4.99 Å². The van der Waals surface area contributed by atoms with E-state index in [1.807, 2.05) is 25.1 Å². The van der Waals surface area contributed by atoms with Gasteiger partial charge in [0.15, 0.2) is 0 Å². The van der Waals surface area contributed by atoms with Gasteiger partial charge >= 0.3 is 0 Å². The second-order valence-electron chi connectivity index (χ2n) is 3.10. The number of benzene rings is 1. The Balaban J connectivity index is 2.74. The molecule has 0 aromatic heterocycles. The zero-order valence-corrected chi connectivity index (χ0v) is 9.86. The van der Waals surface area contributed by atoms with Crippen molar-refractivity contribution in [1.29, 1.82) is 0 Å². The lowest BCUT2D eigenvalue weighted by molar-refractivity contribution is 0.769. The minimum absolute atomic E-state index is 0.258. The molecular formula is C10H12BrNS. The van der Waals surface area contributed by atoms with Crippen LogP contribution < -0.4 is 5.73 Å². The summed E-state index contributed by atoms with van der Waals surface area (Å²) in [5.41, 5.74) is 6.80. The first kappa shape index (κ1) is 10.7. The van der Waals surface area contributed by atoms with Crippen molar-refractivity contribution in [2.45, 2.75) is 13.3 Å². The molecule has 0 amide bonds. The average molecular weight is 258 g/mol. The van der Waals surface area contributed by atoms with Gasteiger partial charge in [0, 0.05) is 10.4 Å². The number of rotatable bonds is 3. The van der Waals surface area contributed by atoms with E-state index in [2.05, 4.69) is 22.0 Å². The topological polar surface area (TPSA) is 26.0 Å². The van der Waals surface area contributed by atoms with E-state index in [-0.39, 0.29) is 5.92 Å². The highest BCUT2D eigenvalue weighted by molar-refractivity contribution is 9.10. The fourth-order valence-corrected chi connectivity index (χ4v) is 1.62. The molecule has 1 aromatic rings. The molecule has 1 unspecified atom stereocenters. The number of hydrogen-bond acceptors (Lipinski definition) is 1. The summed E-state index contributed by atoms with van der Waals surface area (Å²) in [4.78, 5) is 0.579. The summed E-state index contributed by atoms with van der Waals surface area (Å²) in [5, 5.41) is 0. The van der Waals surface area contributed by atoms with Crippen molar-refractivity contribution in [2.24, 2.45) is 11.7 Å². The van der Waals surface area contributed by atoms with Crippen LogP contribution in [0.25, 0.3) is 0 Å². The number of thiocarbonyl (C=S) groups is 1. The van der Waals surface area contributed by atoms with E-state index < -0.39 is 0 Å². The van der Waals surface area contributed by atoms with Crippen molar-refractivity contribution in [3.63, 3.8) is 0 Å². The largest absolute Gasteiger partial charge is 0.393 e. The van der Waals surface area contributed by atoms with Gasteiger partial charge < -0.3 is 5.73 Å². The standard InChI is InChI=1S/C10H12BrNS/c1-7(10(12)13)6-8-4-2-3-5-9(8)11/h2-5,7H,6H2,1H3,(H2,12,13). The van der Waals surface area contributed by atoms with Crippen molar-refractivity contribution in [1.82, 2.24) is 0 Å². The van der Waals surface area contributed by atoms with E-state index in [9.17, 15) is 0 Å². The molecule has 1 rings (SSSR count). The normalized spacial score (nSPS) is 12.5. The second-order valence-corrected chi connectivity index (χ2v) is 4.42. The van der Waals surface area contributed by atoms with Gasteiger partial charge in [-0.05, 0) is 18.1 Å². The van der Waals surface area contributed by atoms with Gasteiger partial charge in [0.1, 0.15) is 0 Å². The van der Waals surface area contributed by atoms with E-state index in [1.54, 1.807) is 0 Å². The minimum atomic E-state index is 0.258. The lowest BCUT2D eigenvalue weighted by Crippen LogP contribution is -2.20. The van der Waals surface area contributed by atoms with Crippen molar-refractivity contribution in [3.8, 4) is 0 Å². The maximum Gasteiger partial charge on any atom is 0.0759 e.